The van der Waals surface area contributed by atoms with E-state index in [-0.39, 0.29) is 11.7 Å². The number of nitrogens with two attached hydrogens (primary N) is 1. The molecule has 0 aliphatic rings. The van der Waals surface area contributed by atoms with Crippen LogP contribution in [0.4, 0.5) is 0 Å². The van der Waals surface area contributed by atoms with Gasteiger partial charge >= 0.3 is 5.69 Å². The molecule has 0 saturated carbocycles. The fourth-order valence-electron chi connectivity index (χ4n) is 2.31. The van der Waals surface area contributed by atoms with E-state index in [1.165, 1.54) is 0 Å². The second-order valence-corrected chi connectivity index (χ2v) is 5.06. The Balaban J connectivity index is 2.57. The quantitative estimate of drug-likeness (QED) is 0.901. The minimum atomic E-state index is -0.000684. The van der Waals surface area contributed by atoms with Crippen molar-refractivity contribution in [1.82, 2.24) is 9.13 Å². The van der Waals surface area contributed by atoms with Gasteiger partial charge in [0.05, 0.1) is 11.0 Å². The van der Waals surface area contributed by atoms with E-state index >= 15 is 0 Å². The highest BCUT2D eigenvalue weighted by Gasteiger charge is 2.15. The van der Waals surface area contributed by atoms with Crippen LogP contribution in [-0.4, -0.2) is 9.13 Å². The fraction of sp³-hybridized carbons (Fsp3) is 0.500. The second kappa shape index (κ2) is 4.61. The minimum Gasteiger partial charge on any atom is -0.324 e. The summed E-state index contributed by atoms with van der Waals surface area (Å²) in [5.41, 5.74) is 9.23. The van der Waals surface area contributed by atoms with E-state index in [1.54, 1.807) is 23.2 Å². The Hall–Kier alpha value is -1.55. The number of benzene rings is 1. The van der Waals surface area contributed by atoms with Crippen molar-refractivity contribution in [2.75, 3.05) is 0 Å². The Morgan fingerprint density at radius 2 is 1.83 bits per heavy atom. The van der Waals surface area contributed by atoms with Crippen LogP contribution >= 0.6 is 0 Å². The number of hydrogen-bond donors (Lipinski definition) is 1. The van der Waals surface area contributed by atoms with Crippen LogP contribution in [0.5, 0.6) is 0 Å². The van der Waals surface area contributed by atoms with Crippen molar-refractivity contribution in [1.29, 1.82) is 0 Å². The summed E-state index contributed by atoms with van der Waals surface area (Å²) in [6.45, 7) is 4.29. The highest BCUT2D eigenvalue weighted by Crippen LogP contribution is 2.24. The van der Waals surface area contributed by atoms with Crippen molar-refractivity contribution in [3.63, 3.8) is 0 Å². The standard InChI is InChI=1S/C14H21N3O/c1-5-9(2)13(15)10-6-7-11-12(8-10)17(4)14(18)16(11)3/h6-9,13H,5,15H2,1-4H3. The van der Waals surface area contributed by atoms with Crippen LogP contribution in [0.15, 0.2) is 23.0 Å². The summed E-state index contributed by atoms with van der Waals surface area (Å²) < 4.78 is 3.33. The molecule has 0 aliphatic carbocycles. The molecule has 2 N–H and O–H groups in total. The molecule has 0 fully saturated rings. The van der Waals surface area contributed by atoms with Crippen molar-refractivity contribution in [2.24, 2.45) is 25.7 Å². The highest BCUT2D eigenvalue weighted by molar-refractivity contribution is 5.77. The van der Waals surface area contributed by atoms with Gasteiger partial charge in [-0.3, -0.25) is 9.13 Å². The van der Waals surface area contributed by atoms with Gasteiger partial charge in [-0.1, -0.05) is 26.3 Å². The van der Waals surface area contributed by atoms with Crippen LogP contribution in [0, 0.1) is 5.92 Å². The molecular weight excluding hydrogens is 226 g/mol. The van der Waals surface area contributed by atoms with Crippen molar-refractivity contribution >= 4 is 11.0 Å². The van der Waals surface area contributed by atoms with Crippen molar-refractivity contribution in [2.45, 2.75) is 26.3 Å². The van der Waals surface area contributed by atoms with Crippen LogP contribution in [0.1, 0.15) is 31.9 Å². The van der Waals surface area contributed by atoms with E-state index in [2.05, 4.69) is 13.8 Å². The molecule has 0 aliphatic heterocycles. The van der Waals surface area contributed by atoms with Gasteiger partial charge in [0.2, 0.25) is 0 Å². The van der Waals surface area contributed by atoms with Crippen LogP contribution in [-0.2, 0) is 14.1 Å². The molecule has 0 spiro atoms. The minimum absolute atomic E-state index is 0.000684. The van der Waals surface area contributed by atoms with Gasteiger partial charge in [-0.05, 0) is 23.6 Å². The summed E-state index contributed by atoms with van der Waals surface area (Å²) in [6.07, 6.45) is 1.05. The van der Waals surface area contributed by atoms with E-state index in [1.807, 2.05) is 18.2 Å². The van der Waals surface area contributed by atoms with E-state index in [9.17, 15) is 4.79 Å². The molecule has 1 aromatic heterocycles. The van der Waals surface area contributed by atoms with Crippen molar-refractivity contribution in [3.8, 4) is 0 Å². The maximum Gasteiger partial charge on any atom is 0.328 e. The lowest BCUT2D eigenvalue weighted by Gasteiger charge is -2.18. The Labute approximate surface area is 107 Å². The Bertz CT molecular complexity index is 624. The maximum absolute atomic E-state index is 11.9. The fourth-order valence-corrected chi connectivity index (χ4v) is 2.31. The third kappa shape index (κ3) is 1.86. The molecule has 2 aromatic rings. The van der Waals surface area contributed by atoms with Gasteiger partial charge in [0.15, 0.2) is 0 Å². The first-order valence-corrected chi connectivity index (χ1v) is 6.38. The zero-order valence-electron chi connectivity index (χ0n) is 11.5. The zero-order valence-corrected chi connectivity index (χ0v) is 11.5. The number of aromatic nitrogens is 2. The summed E-state index contributed by atoms with van der Waals surface area (Å²) in [6, 6.07) is 6.07. The van der Waals surface area contributed by atoms with E-state index in [0.717, 1.165) is 23.0 Å². The number of fused-ring (bicyclic) bond motifs is 1. The van der Waals surface area contributed by atoms with Crippen molar-refractivity contribution < 1.29 is 0 Å². The van der Waals surface area contributed by atoms with Crippen molar-refractivity contribution in [3.05, 3.63) is 34.2 Å². The number of imidazole rings is 1. The third-order valence-electron chi connectivity index (χ3n) is 3.94. The predicted octanol–water partition coefficient (Wildman–Crippen LogP) is 1.92. The topological polar surface area (TPSA) is 52.9 Å². The van der Waals surface area contributed by atoms with Gasteiger partial charge in [0, 0.05) is 20.1 Å². The largest absolute Gasteiger partial charge is 0.328 e. The number of nitrogens with zero attached hydrogens (tertiary/aromatic N) is 2. The van der Waals surface area contributed by atoms with Gasteiger partial charge in [0.25, 0.3) is 0 Å². The molecule has 0 bridgehead atoms. The number of aryl methyl sites for hydroxylation is 2. The SMILES string of the molecule is CCC(C)C(N)c1ccc2c(c1)n(C)c(=O)n2C. The lowest BCUT2D eigenvalue weighted by molar-refractivity contribution is 0.457. The normalized spacial score (nSPS) is 14.9. The predicted molar refractivity (Wildman–Crippen MR) is 74.5 cm³/mol. The summed E-state index contributed by atoms with van der Waals surface area (Å²) in [5, 5.41) is 0. The molecule has 2 atom stereocenters. The molecular formula is C14H21N3O. The molecule has 98 valence electrons. The number of hydrogen-bond acceptors (Lipinski definition) is 2. The second-order valence-electron chi connectivity index (χ2n) is 5.06. The Morgan fingerprint density at radius 3 is 2.44 bits per heavy atom. The molecule has 1 heterocycles. The molecule has 2 rings (SSSR count). The van der Waals surface area contributed by atoms with Crippen LogP contribution in [0.2, 0.25) is 0 Å². The smallest absolute Gasteiger partial charge is 0.324 e. The van der Waals surface area contributed by atoms with E-state index in [4.69, 9.17) is 5.73 Å². The average Bonchev–Trinajstić information content (AvgIpc) is 2.61. The molecule has 4 heteroatoms. The van der Waals surface area contributed by atoms with Gasteiger partial charge in [0.1, 0.15) is 0 Å². The summed E-state index contributed by atoms with van der Waals surface area (Å²) in [4.78, 5) is 11.9. The zero-order chi connectivity index (χ0) is 13.4. The Morgan fingerprint density at radius 1 is 1.22 bits per heavy atom. The maximum atomic E-state index is 11.9. The first-order valence-electron chi connectivity index (χ1n) is 6.38. The highest BCUT2D eigenvalue weighted by atomic mass is 16.1. The summed E-state index contributed by atoms with van der Waals surface area (Å²) in [5.74, 6) is 0.434. The average molecular weight is 247 g/mol. The van der Waals surface area contributed by atoms with Crippen LogP contribution in [0.25, 0.3) is 11.0 Å². The van der Waals surface area contributed by atoms with E-state index in [0.29, 0.717) is 5.92 Å². The number of rotatable bonds is 3. The molecule has 1 aromatic carbocycles. The van der Waals surface area contributed by atoms with Crippen LogP contribution in [0.3, 0.4) is 0 Å². The van der Waals surface area contributed by atoms with Gasteiger partial charge in [-0.15, -0.1) is 0 Å². The molecule has 18 heavy (non-hydrogen) atoms. The first kappa shape index (κ1) is 12.9. The summed E-state index contributed by atoms with van der Waals surface area (Å²) >= 11 is 0. The molecule has 2 unspecified atom stereocenters. The molecule has 0 radical (unpaired) electrons. The molecule has 0 amide bonds. The summed E-state index contributed by atoms with van der Waals surface area (Å²) in [7, 11) is 3.59. The van der Waals surface area contributed by atoms with Crippen LogP contribution < -0.4 is 11.4 Å². The van der Waals surface area contributed by atoms with E-state index < -0.39 is 0 Å². The molecule has 0 saturated heterocycles. The third-order valence-corrected chi connectivity index (χ3v) is 3.94. The Kier molecular flexibility index (Phi) is 3.30. The lowest BCUT2D eigenvalue weighted by atomic mass is 9.93. The first-order chi connectivity index (χ1) is 8.47. The monoisotopic (exact) mass is 247 g/mol. The van der Waals surface area contributed by atoms with Gasteiger partial charge < -0.3 is 5.73 Å². The van der Waals surface area contributed by atoms with Gasteiger partial charge in [-0.25, -0.2) is 4.79 Å². The van der Waals surface area contributed by atoms with Gasteiger partial charge in [-0.2, -0.15) is 0 Å². The molecule has 4 nitrogen and oxygen atoms in total. The lowest BCUT2D eigenvalue weighted by Crippen LogP contribution is -2.19.